The number of rotatable bonds is 7. The van der Waals surface area contributed by atoms with Crippen molar-refractivity contribution in [3.63, 3.8) is 0 Å². The van der Waals surface area contributed by atoms with Crippen LogP contribution < -0.4 is 16.6 Å². The third kappa shape index (κ3) is 2.93. The van der Waals surface area contributed by atoms with Gasteiger partial charge in [-0.1, -0.05) is 0 Å². The molecule has 23 heavy (non-hydrogen) atoms. The summed E-state index contributed by atoms with van der Waals surface area (Å²) in [6.45, 7) is -0.701. The van der Waals surface area contributed by atoms with E-state index in [1.54, 1.807) is 4.57 Å². The van der Waals surface area contributed by atoms with Crippen LogP contribution in [-0.2, 0) is 20.6 Å². The lowest BCUT2D eigenvalue weighted by atomic mass is 10.0. The minimum atomic E-state index is -1.19. The predicted molar refractivity (Wildman–Crippen MR) is 82.2 cm³/mol. The fourth-order valence-corrected chi connectivity index (χ4v) is 2.33. The van der Waals surface area contributed by atoms with Gasteiger partial charge >= 0.3 is 5.69 Å². The lowest BCUT2D eigenvalue weighted by Gasteiger charge is -2.28. The Bertz CT molecular complexity index is 793. The summed E-state index contributed by atoms with van der Waals surface area (Å²) in [6, 6.07) is 0. The molecule has 2 aromatic rings. The largest absolute Gasteiger partial charge is 0.394 e. The summed E-state index contributed by atoms with van der Waals surface area (Å²) in [7, 11) is 2.93. The number of nitrogens with zero attached hydrogens (tertiary/aromatic N) is 4. The number of hydrogen-bond acceptors (Lipinski definition) is 7. The van der Waals surface area contributed by atoms with E-state index in [4.69, 9.17) is 0 Å². The maximum Gasteiger partial charge on any atom is 0.332 e. The second-order valence-corrected chi connectivity index (χ2v) is 5.50. The van der Waals surface area contributed by atoms with Gasteiger partial charge in [-0.15, -0.1) is 0 Å². The van der Waals surface area contributed by atoms with Gasteiger partial charge in [0.1, 0.15) is 0 Å². The van der Waals surface area contributed by atoms with Gasteiger partial charge in [0, 0.05) is 27.2 Å². The standard InChI is InChI=1S/C13H21N5O5/c1-16-10-9(11(22)17(2)12(16)23)18(8-14-10)4-3-15-13(5-19,6-20)7-21/h8,15,19-21H,3-7H2,1-2H3. The Labute approximate surface area is 131 Å². The highest BCUT2D eigenvalue weighted by Crippen LogP contribution is 2.06. The number of aliphatic hydroxyl groups is 3. The first kappa shape index (κ1) is 17.3. The van der Waals surface area contributed by atoms with Crippen LogP contribution in [0.4, 0.5) is 0 Å². The van der Waals surface area contributed by atoms with Crippen LogP contribution in [0.15, 0.2) is 15.9 Å². The van der Waals surface area contributed by atoms with Gasteiger partial charge in [0.15, 0.2) is 11.2 Å². The Hall–Kier alpha value is -2.01. The van der Waals surface area contributed by atoms with Crippen molar-refractivity contribution in [1.82, 2.24) is 24.0 Å². The van der Waals surface area contributed by atoms with Gasteiger partial charge in [-0.25, -0.2) is 9.78 Å². The molecule has 0 amide bonds. The van der Waals surface area contributed by atoms with Crippen LogP contribution in [0.3, 0.4) is 0 Å². The molecule has 0 aromatic carbocycles. The molecule has 128 valence electrons. The Morgan fingerprint density at radius 2 is 1.74 bits per heavy atom. The van der Waals surface area contributed by atoms with Gasteiger partial charge in [-0.2, -0.15) is 0 Å². The van der Waals surface area contributed by atoms with Crippen molar-refractivity contribution in [2.75, 3.05) is 26.4 Å². The topological polar surface area (TPSA) is 135 Å². The van der Waals surface area contributed by atoms with Crippen LogP contribution >= 0.6 is 0 Å². The van der Waals surface area contributed by atoms with Crippen molar-refractivity contribution < 1.29 is 15.3 Å². The highest BCUT2D eigenvalue weighted by atomic mass is 16.3. The number of aliphatic hydroxyl groups excluding tert-OH is 3. The smallest absolute Gasteiger partial charge is 0.332 e. The summed E-state index contributed by atoms with van der Waals surface area (Å²) in [5.41, 5.74) is -1.51. The fraction of sp³-hybridized carbons (Fsp3) is 0.615. The van der Waals surface area contributed by atoms with Crippen molar-refractivity contribution in [3.8, 4) is 0 Å². The molecule has 0 aliphatic carbocycles. The first-order chi connectivity index (χ1) is 10.9. The Morgan fingerprint density at radius 1 is 1.13 bits per heavy atom. The molecular weight excluding hydrogens is 306 g/mol. The van der Waals surface area contributed by atoms with Gasteiger partial charge in [0.2, 0.25) is 0 Å². The van der Waals surface area contributed by atoms with Gasteiger partial charge in [0.05, 0.1) is 31.7 Å². The summed E-state index contributed by atoms with van der Waals surface area (Å²) in [4.78, 5) is 28.2. The summed E-state index contributed by atoms with van der Waals surface area (Å²) >= 11 is 0. The summed E-state index contributed by atoms with van der Waals surface area (Å²) in [5, 5.41) is 30.6. The number of aryl methyl sites for hydroxylation is 1. The molecule has 0 atom stereocenters. The highest BCUT2D eigenvalue weighted by Gasteiger charge is 2.27. The minimum absolute atomic E-state index is 0.277. The molecule has 0 aliphatic rings. The number of fused-ring (bicyclic) bond motifs is 1. The van der Waals surface area contributed by atoms with Gasteiger partial charge in [0.25, 0.3) is 5.56 Å². The Balaban J connectivity index is 2.29. The molecule has 0 saturated carbocycles. The number of hydrogen-bond donors (Lipinski definition) is 4. The van der Waals surface area contributed by atoms with Crippen LogP contribution in [0.25, 0.3) is 11.2 Å². The molecule has 2 rings (SSSR count). The molecule has 10 nitrogen and oxygen atoms in total. The normalized spacial score (nSPS) is 12.2. The molecule has 0 spiro atoms. The van der Waals surface area contributed by atoms with Crippen molar-refractivity contribution >= 4 is 11.2 Å². The molecule has 2 heterocycles. The fourth-order valence-electron chi connectivity index (χ4n) is 2.33. The average Bonchev–Trinajstić information content (AvgIpc) is 2.99. The SMILES string of the molecule is Cn1c(=O)c2c(ncn2CCNC(CO)(CO)CO)n(C)c1=O. The van der Waals surface area contributed by atoms with Gasteiger partial charge in [-0.3, -0.25) is 13.9 Å². The monoisotopic (exact) mass is 327 g/mol. The van der Waals surface area contributed by atoms with Gasteiger partial charge in [-0.05, 0) is 0 Å². The van der Waals surface area contributed by atoms with E-state index in [0.717, 1.165) is 4.57 Å². The number of imidazole rings is 1. The predicted octanol–water partition coefficient (Wildman–Crippen LogP) is -3.26. The van der Waals surface area contributed by atoms with Crippen LogP contribution in [0.1, 0.15) is 0 Å². The molecule has 2 aromatic heterocycles. The lowest BCUT2D eigenvalue weighted by molar-refractivity contribution is 0.0423. The van der Waals surface area contributed by atoms with Crippen LogP contribution in [-0.4, -0.2) is 65.9 Å². The molecular formula is C13H21N5O5. The summed E-state index contributed by atoms with van der Waals surface area (Å²) in [6.07, 6.45) is 1.45. The van der Waals surface area contributed by atoms with E-state index in [1.165, 1.54) is 25.0 Å². The molecule has 0 bridgehead atoms. The minimum Gasteiger partial charge on any atom is -0.394 e. The van der Waals surface area contributed by atoms with E-state index in [0.29, 0.717) is 12.1 Å². The molecule has 4 N–H and O–H groups in total. The first-order valence-corrected chi connectivity index (χ1v) is 7.09. The third-order valence-electron chi connectivity index (χ3n) is 3.98. The maximum atomic E-state index is 12.3. The molecule has 0 saturated heterocycles. The zero-order valence-electron chi connectivity index (χ0n) is 13.1. The second kappa shape index (κ2) is 6.62. The van der Waals surface area contributed by atoms with Crippen LogP contribution in [0.2, 0.25) is 0 Å². The van der Waals surface area contributed by atoms with E-state index in [-0.39, 0.29) is 12.2 Å². The van der Waals surface area contributed by atoms with E-state index in [9.17, 15) is 24.9 Å². The Kier molecular flexibility index (Phi) is 5.00. The average molecular weight is 327 g/mol. The van der Waals surface area contributed by atoms with Crippen molar-refractivity contribution in [2.45, 2.75) is 12.1 Å². The Morgan fingerprint density at radius 3 is 2.30 bits per heavy atom. The zero-order valence-corrected chi connectivity index (χ0v) is 13.1. The number of nitrogens with one attached hydrogen (secondary N) is 1. The van der Waals surface area contributed by atoms with Crippen molar-refractivity contribution in [3.05, 3.63) is 27.2 Å². The highest BCUT2D eigenvalue weighted by molar-refractivity contribution is 5.69. The third-order valence-corrected chi connectivity index (χ3v) is 3.98. The maximum absolute atomic E-state index is 12.3. The van der Waals surface area contributed by atoms with Gasteiger partial charge < -0.3 is 25.2 Å². The lowest BCUT2D eigenvalue weighted by Crippen LogP contribution is -2.55. The second-order valence-electron chi connectivity index (χ2n) is 5.50. The molecule has 0 aliphatic heterocycles. The van der Waals surface area contributed by atoms with E-state index in [1.807, 2.05) is 0 Å². The molecule has 0 radical (unpaired) electrons. The van der Waals surface area contributed by atoms with Crippen LogP contribution in [0.5, 0.6) is 0 Å². The molecule has 10 heteroatoms. The summed E-state index contributed by atoms with van der Waals surface area (Å²) < 4.78 is 3.88. The van der Waals surface area contributed by atoms with Crippen LogP contribution in [0, 0.1) is 0 Å². The van der Waals surface area contributed by atoms with E-state index >= 15 is 0 Å². The van der Waals surface area contributed by atoms with E-state index in [2.05, 4.69) is 10.3 Å². The molecule has 0 fully saturated rings. The first-order valence-electron chi connectivity index (χ1n) is 7.09. The number of aromatic nitrogens is 4. The zero-order chi connectivity index (χ0) is 17.2. The summed E-state index contributed by atoms with van der Waals surface area (Å²) in [5.74, 6) is 0. The van der Waals surface area contributed by atoms with E-state index < -0.39 is 36.6 Å². The van der Waals surface area contributed by atoms with Crippen molar-refractivity contribution in [2.24, 2.45) is 14.1 Å². The molecule has 0 unspecified atom stereocenters. The quantitative estimate of drug-likeness (QED) is 0.419. The van der Waals surface area contributed by atoms with Crippen molar-refractivity contribution in [1.29, 1.82) is 0 Å².